The summed E-state index contributed by atoms with van der Waals surface area (Å²) >= 11 is 5.46. The number of halogens is 10. The molecule has 0 amide bonds. The van der Waals surface area contributed by atoms with Gasteiger partial charge in [0.2, 0.25) is 0 Å². The van der Waals surface area contributed by atoms with Crippen LogP contribution >= 0.6 is 31.9 Å². The average Bonchev–Trinajstić information content (AvgIpc) is 2.70. The molecule has 0 saturated carbocycles. The van der Waals surface area contributed by atoms with Gasteiger partial charge < -0.3 is 4.74 Å². The average molecular weight is 618 g/mol. The Morgan fingerprint density at radius 1 is 0.781 bits per heavy atom. The molecule has 0 aliphatic rings. The van der Waals surface area contributed by atoms with Crippen molar-refractivity contribution in [1.82, 2.24) is 21.4 Å². The van der Waals surface area contributed by atoms with E-state index < -0.39 is 61.4 Å². The zero-order valence-electron chi connectivity index (χ0n) is 17.5. The third-order valence-electron chi connectivity index (χ3n) is 4.83. The first-order chi connectivity index (χ1) is 14.8. The molecule has 0 bridgehead atoms. The van der Waals surface area contributed by atoms with Crippen molar-refractivity contribution in [1.29, 1.82) is 0 Å². The molecule has 0 aromatic rings. The lowest BCUT2D eigenvalue weighted by atomic mass is 9.96. The molecule has 1 atom stereocenters. The standard InChI is InChI=1S/C16H26Br2F8N4O2/c1-3-4-5-6-7-8-9-10-11-15(27(19)20,28(21)22)16(29(23)24,30(25)26)32-13(31)14(2,18)12-17/h3-12H2,1-2H3. The molecule has 1 unspecified atom stereocenters. The van der Waals surface area contributed by atoms with E-state index in [0.717, 1.165) is 32.6 Å². The molecule has 0 aromatic carbocycles. The molecule has 0 radical (unpaired) electrons. The predicted molar refractivity (Wildman–Crippen MR) is 106 cm³/mol. The molecule has 0 aliphatic heterocycles. The Labute approximate surface area is 197 Å². The second kappa shape index (κ2) is 14.2. The van der Waals surface area contributed by atoms with Gasteiger partial charge in [0.05, 0.1) is 21.4 Å². The van der Waals surface area contributed by atoms with Gasteiger partial charge in [-0.1, -0.05) is 120 Å². The molecule has 0 rings (SSSR count). The fourth-order valence-corrected chi connectivity index (χ4v) is 3.19. The summed E-state index contributed by atoms with van der Waals surface area (Å²) in [4.78, 5) is 12.2. The van der Waals surface area contributed by atoms with Crippen molar-refractivity contribution in [2.45, 2.75) is 87.5 Å². The lowest BCUT2D eigenvalue weighted by molar-refractivity contribution is -0.541. The summed E-state index contributed by atoms with van der Waals surface area (Å²) in [6.45, 7) is 2.97. The summed E-state index contributed by atoms with van der Waals surface area (Å²) in [5, 5.41) is -10.8. The maximum atomic E-state index is 13.7. The quantitative estimate of drug-likeness (QED) is 0.0428. The highest BCUT2D eigenvalue weighted by Crippen LogP contribution is 2.47. The normalized spacial score (nSPS) is 15.1. The van der Waals surface area contributed by atoms with Gasteiger partial charge in [0.15, 0.2) is 0 Å². The zero-order chi connectivity index (χ0) is 25.2. The third kappa shape index (κ3) is 7.35. The summed E-state index contributed by atoms with van der Waals surface area (Å²) in [7, 11) is 0. The van der Waals surface area contributed by atoms with Gasteiger partial charge >= 0.3 is 11.8 Å². The van der Waals surface area contributed by atoms with E-state index in [4.69, 9.17) is 0 Å². The minimum Gasteiger partial charge on any atom is -0.416 e. The molecule has 0 saturated heterocycles. The van der Waals surface area contributed by atoms with Crippen LogP contribution in [-0.2, 0) is 9.53 Å². The number of carbonyl (C=O) groups is 1. The van der Waals surface area contributed by atoms with E-state index in [1.54, 1.807) is 0 Å². The monoisotopic (exact) mass is 616 g/mol. The molecule has 0 aliphatic carbocycles. The van der Waals surface area contributed by atoms with Crippen molar-refractivity contribution in [3.05, 3.63) is 0 Å². The lowest BCUT2D eigenvalue weighted by Gasteiger charge is -2.46. The molecule has 192 valence electrons. The van der Waals surface area contributed by atoms with Crippen LogP contribution in [0, 0.1) is 0 Å². The highest BCUT2D eigenvalue weighted by atomic mass is 79.9. The van der Waals surface area contributed by atoms with Crippen LogP contribution in [0.4, 0.5) is 35.9 Å². The van der Waals surface area contributed by atoms with Crippen molar-refractivity contribution in [2.24, 2.45) is 0 Å². The number of nitrogens with zero attached hydrogens (tertiary/aromatic N) is 4. The van der Waals surface area contributed by atoms with Gasteiger partial charge in [-0.05, 0) is 19.8 Å². The van der Waals surface area contributed by atoms with Crippen LogP contribution in [0.2, 0.25) is 0 Å². The fourth-order valence-electron chi connectivity index (χ4n) is 2.88. The van der Waals surface area contributed by atoms with Crippen molar-refractivity contribution in [3.8, 4) is 0 Å². The second-order valence-electron chi connectivity index (χ2n) is 7.30. The van der Waals surface area contributed by atoms with Crippen molar-refractivity contribution < 1.29 is 45.4 Å². The number of ether oxygens (including phenoxy) is 1. The summed E-state index contributed by atoms with van der Waals surface area (Å²) in [6.07, 6.45) is 2.53. The van der Waals surface area contributed by atoms with Crippen molar-refractivity contribution in [2.75, 3.05) is 5.33 Å². The van der Waals surface area contributed by atoms with Crippen molar-refractivity contribution >= 4 is 37.8 Å². The maximum absolute atomic E-state index is 13.7. The molecule has 32 heavy (non-hydrogen) atoms. The van der Waals surface area contributed by atoms with E-state index in [9.17, 15) is 40.6 Å². The number of unbranched alkanes of at least 4 members (excludes halogenated alkanes) is 7. The Bertz CT molecular complexity index is 546. The van der Waals surface area contributed by atoms with Crippen LogP contribution < -0.4 is 0 Å². The second-order valence-corrected chi connectivity index (χ2v) is 9.61. The fraction of sp³-hybridized carbons (Fsp3) is 0.938. The topological polar surface area (TPSA) is 39.3 Å². The summed E-state index contributed by atoms with van der Waals surface area (Å²) < 4.78 is 112. The number of carbonyl (C=O) groups excluding carboxylic acids is 1. The van der Waals surface area contributed by atoms with Crippen LogP contribution in [0.3, 0.4) is 0 Å². The van der Waals surface area contributed by atoms with Crippen LogP contribution in [0.1, 0.15) is 71.6 Å². The van der Waals surface area contributed by atoms with E-state index in [2.05, 4.69) is 36.6 Å². The molecular formula is C16H26Br2F8N4O2. The number of alkyl halides is 2. The van der Waals surface area contributed by atoms with Gasteiger partial charge in [-0.25, -0.2) is 0 Å². The number of hydrogen-bond donors (Lipinski definition) is 0. The smallest absolute Gasteiger partial charge is 0.378 e. The van der Waals surface area contributed by atoms with Crippen LogP contribution in [-0.4, -0.2) is 48.5 Å². The van der Waals surface area contributed by atoms with Gasteiger partial charge in [-0.3, -0.25) is 4.79 Å². The van der Waals surface area contributed by atoms with Crippen LogP contribution in [0.5, 0.6) is 0 Å². The molecule has 0 fully saturated rings. The third-order valence-corrected chi connectivity index (χ3v) is 7.31. The van der Waals surface area contributed by atoms with Gasteiger partial charge in [-0.15, -0.1) is 0 Å². The van der Waals surface area contributed by atoms with Gasteiger partial charge in [-0.2, -0.15) is 0 Å². The van der Waals surface area contributed by atoms with Gasteiger partial charge in [0, 0.05) is 5.33 Å². The predicted octanol–water partition coefficient (Wildman–Crippen LogP) is 7.24. The molecule has 6 nitrogen and oxygen atoms in total. The van der Waals surface area contributed by atoms with Gasteiger partial charge in [0.25, 0.3) is 5.66 Å². The Hall–Kier alpha value is -0.290. The number of hydrogen-bond acceptors (Lipinski definition) is 6. The Balaban J connectivity index is 5.97. The molecular weight excluding hydrogens is 592 g/mol. The number of rotatable bonds is 17. The summed E-state index contributed by atoms with van der Waals surface area (Å²) in [6, 6.07) is 0. The molecule has 0 spiro atoms. The minimum absolute atomic E-state index is 0.0221. The SMILES string of the molecule is CCCCCCCCCCC(N(F)F)(N(F)F)C(OC(=O)C(C)(Br)CBr)(N(F)F)N(F)F. The largest absolute Gasteiger partial charge is 0.416 e. The minimum atomic E-state index is -5.17. The van der Waals surface area contributed by atoms with Crippen LogP contribution in [0.15, 0.2) is 0 Å². The first-order valence-corrected chi connectivity index (χ1v) is 11.6. The Kier molecular flexibility index (Phi) is 14.1. The van der Waals surface area contributed by atoms with E-state index in [1.165, 1.54) is 0 Å². The first-order valence-electron chi connectivity index (χ1n) is 9.73. The molecule has 0 heterocycles. The highest BCUT2D eigenvalue weighted by Gasteiger charge is 2.76. The molecule has 16 heteroatoms. The summed E-state index contributed by atoms with van der Waals surface area (Å²) in [5.74, 6) is -7.09. The summed E-state index contributed by atoms with van der Waals surface area (Å²) in [5.41, 5.74) is -4.73. The van der Waals surface area contributed by atoms with Crippen LogP contribution in [0.25, 0.3) is 0 Å². The molecule has 0 N–H and O–H groups in total. The van der Waals surface area contributed by atoms with E-state index in [-0.39, 0.29) is 6.42 Å². The van der Waals surface area contributed by atoms with Gasteiger partial charge in [0.1, 0.15) is 4.32 Å². The zero-order valence-corrected chi connectivity index (χ0v) is 20.6. The van der Waals surface area contributed by atoms with Crippen molar-refractivity contribution in [3.63, 3.8) is 0 Å². The Morgan fingerprint density at radius 2 is 1.19 bits per heavy atom. The first kappa shape index (κ1) is 31.7. The lowest BCUT2D eigenvalue weighted by Crippen LogP contribution is -2.75. The Morgan fingerprint density at radius 3 is 1.53 bits per heavy atom. The van der Waals surface area contributed by atoms with E-state index in [0.29, 0.717) is 12.8 Å². The maximum Gasteiger partial charge on any atom is 0.378 e. The number of esters is 1. The van der Waals surface area contributed by atoms with E-state index >= 15 is 0 Å². The highest BCUT2D eigenvalue weighted by molar-refractivity contribution is 9.12. The van der Waals surface area contributed by atoms with E-state index in [1.807, 2.05) is 6.92 Å². The molecule has 0 aromatic heterocycles.